The molecule has 0 aromatic heterocycles. The molecule has 3 rings (SSSR count). The van der Waals surface area contributed by atoms with Gasteiger partial charge in [0.1, 0.15) is 11.5 Å². The highest BCUT2D eigenvalue weighted by Gasteiger charge is 2.25. The highest BCUT2D eigenvalue weighted by Crippen LogP contribution is 2.19. The monoisotopic (exact) mass is 382 g/mol. The number of rotatable bonds is 6. The largest absolute Gasteiger partial charge is 0.481 e. The minimum absolute atomic E-state index is 0.130. The minimum atomic E-state index is -0.552. The van der Waals surface area contributed by atoms with Crippen molar-refractivity contribution in [2.75, 3.05) is 19.6 Å². The summed E-state index contributed by atoms with van der Waals surface area (Å²) < 4.78 is 11.0. The number of ether oxygens (including phenoxy) is 2. The fourth-order valence-electron chi connectivity index (χ4n) is 3.12. The Bertz CT molecular complexity index is 759. The number of hydrogen-bond acceptors (Lipinski definition) is 4. The second kappa shape index (κ2) is 9.78. The summed E-state index contributed by atoms with van der Waals surface area (Å²) in [7, 11) is 0. The van der Waals surface area contributed by atoms with Crippen LogP contribution in [-0.2, 0) is 4.79 Å². The van der Waals surface area contributed by atoms with Crippen LogP contribution in [0.4, 0.5) is 4.79 Å². The molecular weight excluding hydrogens is 356 g/mol. The number of carbonyl (C=O) groups excluding carboxylic acids is 2. The van der Waals surface area contributed by atoms with Crippen LogP contribution in [0.3, 0.4) is 0 Å². The number of carbonyl (C=O) groups is 2. The molecule has 0 unspecified atom stereocenters. The van der Waals surface area contributed by atoms with Crippen LogP contribution >= 0.6 is 0 Å². The standard InChI is InChI=1S/C22H26N2O4/c1-17(27-19-8-4-2-5-9-19)21(25)23-16-18-12-14-24(15-13-18)22(26)28-20-10-6-3-7-11-20/h2-11,17-18H,12-16H2,1H3,(H,23,25)/t17-/m0/s1. The van der Waals surface area contributed by atoms with E-state index in [0.717, 1.165) is 12.8 Å². The van der Waals surface area contributed by atoms with Crippen LogP contribution in [0.1, 0.15) is 19.8 Å². The molecule has 2 aromatic rings. The molecule has 1 heterocycles. The number of piperidine rings is 1. The van der Waals surface area contributed by atoms with Gasteiger partial charge in [-0.1, -0.05) is 36.4 Å². The van der Waals surface area contributed by atoms with E-state index in [0.29, 0.717) is 37.1 Å². The maximum Gasteiger partial charge on any atom is 0.415 e. The van der Waals surface area contributed by atoms with E-state index < -0.39 is 6.10 Å². The summed E-state index contributed by atoms with van der Waals surface area (Å²) in [5.74, 6) is 1.44. The van der Waals surface area contributed by atoms with Crippen LogP contribution in [0.5, 0.6) is 11.5 Å². The van der Waals surface area contributed by atoms with E-state index in [1.807, 2.05) is 48.5 Å². The fraction of sp³-hybridized carbons (Fsp3) is 0.364. The van der Waals surface area contributed by atoms with E-state index in [-0.39, 0.29) is 12.0 Å². The van der Waals surface area contributed by atoms with Crippen molar-refractivity contribution >= 4 is 12.0 Å². The molecule has 0 aliphatic carbocycles. The lowest BCUT2D eigenvalue weighted by Gasteiger charge is -2.31. The van der Waals surface area contributed by atoms with Gasteiger partial charge < -0.3 is 19.7 Å². The molecule has 1 fully saturated rings. The maximum atomic E-state index is 12.2. The van der Waals surface area contributed by atoms with E-state index in [9.17, 15) is 9.59 Å². The Kier molecular flexibility index (Phi) is 6.89. The Morgan fingerprint density at radius 2 is 1.57 bits per heavy atom. The fourth-order valence-corrected chi connectivity index (χ4v) is 3.12. The molecule has 0 spiro atoms. The van der Waals surface area contributed by atoms with Gasteiger partial charge in [-0.05, 0) is 49.9 Å². The summed E-state index contributed by atoms with van der Waals surface area (Å²) in [6.07, 6.45) is 0.790. The Labute approximate surface area is 165 Å². The van der Waals surface area contributed by atoms with Gasteiger partial charge in [0, 0.05) is 19.6 Å². The second-order valence-electron chi connectivity index (χ2n) is 6.93. The number of para-hydroxylation sites is 2. The predicted molar refractivity (Wildman–Crippen MR) is 106 cm³/mol. The minimum Gasteiger partial charge on any atom is -0.481 e. The Balaban J connectivity index is 1.37. The first-order valence-electron chi connectivity index (χ1n) is 9.63. The van der Waals surface area contributed by atoms with Gasteiger partial charge in [0.2, 0.25) is 0 Å². The SMILES string of the molecule is C[C@H](Oc1ccccc1)C(=O)NCC1CCN(C(=O)Oc2ccccc2)CC1. The third kappa shape index (κ3) is 5.74. The lowest BCUT2D eigenvalue weighted by atomic mass is 9.97. The number of nitrogens with one attached hydrogen (secondary N) is 1. The summed E-state index contributed by atoms with van der Waals surface area (Å²) in [5, 5.41) is 2.96. The molecular formula is C22H26N2O4. The number of hydrogen-bond donors (Lipinski definition) is 1. The number of amides is 2. The van der Waals surface area contributed by atoms with Crippen molar-refractivity contribution in [1.29, 1.82) is 0 Å². The normalized spacial score (nSPS) is 15.5. The molecule has 1 N–H and O–H groups in total. The van der Waals surface area contributed by atoms with Gasteiger partial charge in [-0.25, -0.2) is 4.79 Å². The third-order valence-electron chi connectivity index (χ3n) is 4.81. The smallest absolute Gasteiger partial charge is 0.415 e. The molecule has 0 radical (unpaired) electrons. The zero-order chi connectivity index (χ0) is 19.8. The first kappa shape index (κ1) is 19.7. The van der Waals surface area contributed by atoms with Crippen LogP contribution in [0.25, 0.3) is 0 Å². The average Bonchev–Trinajstić information content (AvgIpc) is 2.73. The van der Waals surface area contributed by atoms with Gasteiger partial charge in [0.25, 0.3) is 5.91 Å². The van der Waals surface area contributed by atoms with Crippen LogP contribution in [0, 0.1) is 5.92 Å². The quantitative estimate of drug-likeness (QED) is 0.831. The molecule has 1 saturated heterocycles. The second-order valence-corrected chi connectivity index (χ2v) is 6.93. The van der Waals surface area contributed by atoms with Crippen LogP contribution in [-0.4, -0.2) is 42.6 Å². The van der Waals surface area contributed by atoms with E-state index in [1.165, 1.54) is 0 Å². The number of likely N-dealkylation sites (tertiary alicyclic amines) is 1. The summed E-state index contributed by atoms with van der Waals surface area (Å²) in [6.45, 7) is 3.58. The van der Waals surface area contributed by atoms with Gasteiger partial charge in [-0.15, -0.1) is 0 Å². The summed E-state index contributed by atoms with van der Waals surface area (Å²) in [4.78, 5) is 26.2. The van der Waals surface area contributed by atoms with Gasteiger partial charge in [-0.2, -0.15) is 0 Å². The topological polar surface area (TPSA) is 67.9 Å². The highest BCUT2D eigenvalue weighted by molar-refractivity contribution is 5.80. The number of benzene rings is 2. The Morgan fingerprint density at radius 1 is 1.00 bits per heavy atom. The van der Waals surface area contributed by atoms with Gasteiger partial charge in [0.15, 0.2) is 6.10 Å². The van der Waals surface area contributed by atoms with Crippen molar-refractivity contribution < 1.29 is 19.1 Å². The van der Waals surface area contributed by atoms with Crippen molar-refractivity contribution in [3.63, 3.8) is 0 Å². The molecule has 0 saturated carbocycles. The molecule has 6 nitrogen and oxygen atoms in total. The van der Waals surface area contributed by atoms with Gasteiger partial charge in [-0.3, -0.25) is 4.79 Å². The molecule has 6 heteroatoms. The zero-order valence-corrected chi connectivity index (χ0v) is 16.0. The van der Waals surface area contributed by atoms with Gasteiger partial charge in [0.05, 0.1) is 0 Å². The summed E-state index contributed by atoms with van der Waals surface area (Å²) in [5.41, 5.74) is 0. The first-order valence-corrected chi connectivity index (χ1v) is 9.63. The molecule has 1 atom stereocenters. The molecule has 0 bridgehead atoms. The molecule has 1 aliphatic heterocycles. The Hall–Kier alpha value is -3.02. The first-order chi connectivity index (χ1) is 13.6. The summed E-state index contributed by atoms with van der Waals surface area (Å²) in [6, 6.07) is 18.4. The maximum absolute atomic E-state index is 12.2. The lowest BCUT2D eigenvalue weighted by Crippen LogP contribution is -2.44. The molecule has 2 aromatic carbocycles. The van der Waals surface area contributed by atoms with E-state index in [2.05, 4.69) is 5.32 Å². The third-order valence-corrected chi connectivity index (χ3v) is 4.81. The van der Waals surface area contributed by atoms with Crippen LogP contribution in [0.2, 0.25) is 0 Å². The van der Waals surface area contributed by atoms with E-state index in [1.54, 1.807) is 24.0 Å². The molecule has 2 amide bonds. The van der Waals surface area contributed by atoms with Gasteiger partial charge >= 0.3 is 6.09 Å². The summed E-state index contributed by atoms with van der Waals surface area (Å²) >= 11 is 0. The lowest BCUT2D eigenvalue weighted by molar-refractivity contribution is -0.127. The molecule has 148 valence electrons. The van der Waals surface area contributed by atoms with Crippen molar-refractivity contribution in [2.45, 2.75) is 25.9 Å². The van der Waals surface area contributed by atoms with E-state index >= 15 is 0 Å². The van der Waals surface area contributed by atoms with Crippen molar-refractivity contribution in [3.8, 4) is 11.5 Å². The number of nitrogens with zero attached hydrogens (tertiary/aromatic N) is 1. The highest BCUT2D eigenvalue weighted by atomic mass is 16.6. The van der Waals surface area contributed by atoms with Crippen molar-refractivity contribution in [3.05, 3.63) is 60.7 Å². The van der Waals surface area contributed by atoms with Crippen LogP contribution in [0.15, 0.2) is 60.7 Å². The predicted octanol–water partition coefficient (Wildman–Crippen LogP) is 3.48. The van der Waals surface area contributed by atoms with Crippen molar-refractivity contribution in [2.24, 2.45) is 5.92 Å². The van der Waals surface area contributed by atoms with Crippen LogP contribution < -0.4 is 14.8 Å². The zero-order valence-electron chi connectivity index (χ0n) is 16.0. The van der Waals surface area contributed by atoms with Crippen molar-refractivity contribution in [1.82, 2.24) is 10.2 Å². The molecule has 1 aliphatic rings. The van der Waals surface area contributed by atoms with E-state index in [4.69, 9.17) is 9.47 Å². The molecule has 28 heavy (non-hydrogen) atoms. The average molecular weight is 382 g/mol. The Morgan fingerprint density at radius 3 is 2.18 bits per heavy atom.